The number of primary amides is 1. The molecule has 1 atom stereocenters. The van der Waals surface area contributed by atoms with E-state index in [1.807, 2.05) is 6.07 Å². The lowest BCUT2D eigenvalue weighted by Crippen LogP contribution is -2.23. The molecule has 7 heteroatoms. The molecule has 1 amide bonds. The molecule has 2 aromatic rings. The summed E-state index contributed by atoms with van der Waals surface area (Å²) in [4.78, 5) is 26.9. The molecule has 26 heavy (non-hydrogen) atoms. The highest BCUT2D eigenvalue weighted by atomic mass is 16.5. The van der Waals surface area contributed by atoms with Crippen LogP contribution >= 0.6 is 0 Å². The van der Waals surface area contributed by atoms with Crippen molar-refractivity contribution < 1.29 is 24.5 Å². The van der Waals surface area contributed by atoms with E-state index < -0.39 is 17.9 Å². The van der Waals surface area contributed by atoms with Crippen LogP contribution in [0.3, 0.4) is 0 Å². The number of hydrogen-bond donors (Lipinski definition) is 3. The van der Waals surface area contributed by atoms with Crippen molar-refractivity contribution in [2.24, 2.45) is 10.7 Å². The van der Waals surface area contributed by atoms with Crippen LogP contribution < -0.4 is 10.5 Å². The highest BCUT2D eigenvalue weighted by molar-refractivity contribution is 6.15. The second-order valence-corrected chi connectivity index (χ2v) is 5.59. The third-order valence-corrected chi connectivity index (χ3v) is 3.74. The zero-order chi connectivity index (χ0) is 19.1. The maximum Gasteiger partial charge on any atom is 0.328 e. The van der Waals surface area contributed by atoms with E-state index in [0.29, 0.717) is 22.6 Å². The quantitative estimate of drug-likeness (QED) is 0.624. The summed E-state index contributed by atoms with van der Waals surface area (Å²) in [6.07, 6.45) is -0.130. The molecule has 0 heterocycles. The van der Waals surface area contributed by atoms with Crippen LogP contribution in [0.25, 0.3) is 0 Å². The predicted molar refractivity (Wildman–Crippen MR) is 96.6 cm³/mol. The van der Waals surface area contributed by atoms with Crippen molar-refractivity contribution in [3.63, 3.8) is 0 Å². The first-order valence-corrected chi connectivity index (χ1v) is 7.94. The van der Waals surface area contributed by atoms with Crippen molar-refractivity contribution in [3.05, 3.63) is 59.7 Å². The van der Waals surface area contributed by atoms with Gasteiger partial charge in [0.2, 0.25) is 5.91 Å². The number of nitrogens with two attached hydrogens (primary N) is 1. The molecular weight excluding hydrogens is 336 g/mol. The van der Waals surface area contributed by atoms with Gasteiger partial charge in [-0.15, -0.1) is 0 Å². The molecule has 0 fully saturated rings. The largest absolute Gasteiger partial charge is 0.507 e. The van der Waals surface area contributed by atoms with Gasteiger partial charge in [-0.3, -0.25) is 9.79 Å². The Kier molecular flexibility index (Phi) is 6.32. The SMILES string of the molecule is COc1ccc(C(=NC(CCC(N)=O)C(=O)O)c2ccccc2)c(O)c1. The topological polar surface area (TPSA) is 122 Å². The number of phenolic OH excluding ortho intramolecular Hbond substituents is 1. The Morgan fingerprint density at radius 3 is 2.42 bits per heavy atom. The lowest BCUT2D eigenvalue weighted by Gasteiger charge is -2.14. The number of phenols is 1. The molecule has 7 nitrogen and oxygen atoms in total. The number of carboxylic acid groups (broad SMARTS) is 1. The van der Waals surface area contributed by atoms with E-state index in [1.165, 1.54) is 13.2 Å². The fraction of sp³-hybridized carbons (Fsp3) is 0.211. The molecule has 0 spiro atoms. The number of carbonyl (C=O) groups is 2. The van der Waals surface area contributed by atoms with Crippen molar-refractivity contribution >= 4 is 17.6 Å². The molecule has 0 aromatic heterocycles. The summed E-state index contributed by atoms with van der Waals surface area (Å²) in [5, 5.41) is 19.8. The first kappa shape index (κ1) is 19.0. The van der Waals surface area contributed by atoms with Crippen molar-refractivity contribution in [1.29, 1.82) is 0 Å². The summed E-state index contributed by atoms with van der Waals surface area (Å²) in [6.45, 7) is 0. The zero-order valence-electron chi connectivity index (χ0n) is 14.3. The summed E-state index contributed by atoms with van der Waals surface area (Å²) >= 11 is 0. The standard InChI is InChI=1S/C19H20N2O5/c1-26-13-7-8-14(16(22)11-13)18(12-5-3-2-4-6-12)21-15(19(24)25)9-10-17(20)23/h2-8,11,15,22H,9-10H2,1H3,(H2,20,23)(H,24,25). The van der Waals surface area contributed by atoms with Gasteiger partial charge in [0, 0.05) is 23.6 Å². The molecular formula is C19H20N2O5. The van der Waals surface area contributed by atoms with E-state index >= 15 is 0 Å². The van der Waals surface area contributed by atoms with Crippen LogP contribution in [0.4, 0.5) is 0 Å². The molecule has 2 rings (SSSR count). The normalized spacial score (nSPS) is 12.4. The second kappa shape index (κ2) is 8.66. The minimum absolute atomic E-state index is 0.0298. The fourth-order valence-corrected chi connectivity index (χ4v) is 2.41. The van der Waals surface area contributed by atoms with Crippen LogP contribution in [-0.2, 0) is 9.59 Å². The highest BCUT2D eigenvalue weighted by Gasteiger charge is 2.21. The van der Waals surface area contributed by atoms with Crippen LogP contribution in [0.15, 0.2) is 53.5 Å². The molecule has 0 aliphatic rings. The Morgan fingerprint density at radius 2 is 1.88 bits per heavy atom. The first-order chi connectivity index (χ1) is 12.4. The van der Waals surface area contributed by atoms with Gasteiger partial charge in [-0.1, -0.05) is 30.3 Å². The summed E-state index contributed by atoms with van der Waals surface area (Å²) in [7, 11) is 1.48. The van der Waals surface area contributed by atoms with E-state index in [-0.39, 0.29) is 18.6 Å². The Balaban J connectivity index is 2.53. The summed E-state index contributed by atoms with van der Waals surface area (Å²) in [6, 6.07) is 12.4. The van der Waals surface area contributed by atoms with Gasteiger partial charge >= 0.3 is 5.97 Å². The molecule has 4 N–H and O–H groups in total. The third-order valence-electron chi connectivity index (χ3n) is 3.74. The fourth-order valence-electron chi connectivity index (χ4n) is 2.41. The van der Waals surface area contributed by atoms with Gasteiger partial charge in [0.05, 0.1) is 12.8 Å². The number of aliphatic imine (C=N–C) groups is 1. The second-order valence-electron chi connectivity index (χ2n) is 5.59. The smallest absolute Gasteiger partial charge is 0.328 e. The summed E-state index contributed by atoms with van der Waals surface area (Å²) in [5.41, 5.74) is 6.42. The van der Waals surface area contributed by atoms with Gasteiger partial charge in [-0.25, -0.2) is 4.79 Å². The lowest BCUT2D eigenvalue weighted by atomic mass is 10.00. The van der Waals surface area contributed by atoms with Crippen LogP contribution in [0.5, 0.6) is 11.5 Å². The molecule has 0 bridgehead atoms. The Bertz CT molecular complexity index is 818. The van der Waals surface area contributed by atoms with Gasteiger partial charge in [0.15, 0.2) is 0 Å². The number of ether oxygens (including phenoxy) is 1. The van der Waals surface area contributed by atoms with E-state index in [9.17, 15) is 19.8 Å². The number of amides is 1. The number of benzene rings is 2. The lowest BCUT2D eigenvalue weighted by molar-refractivity contribution is -0.138. The van der Waals surface area contributed by atoms with E-state index in [0.717, 1.165) is 0 Å². The number of methoxy groups -OCH3 is 1. The zero-order valence-corrected chi connectivity index (χ0v) is 14.3. The van der Waals surface area contributed by atoms with Gasteiger partial charge in [-0.2, -0.15) is 0 Å². The van der Waals surface area contributed by atoms with Crippen molar-refractivity contribution in [1.82, 2.24) is 0 Å². The number of carbonyl (C=O) groups excluding carboxylic acids is 1. The number of aliphatic carboxylic acids is 1. The monoisotopic (exact) mass is 356 g/mol. The Morgan fingerprint density at radius 1 is 1.19 bits per heavy atom. The van der Waals surface area contributed by atoms with Crippen LogP contribution in [-0.4, -0.2) is 41.0 Å². The predicted octanol–water partition coefficient (Wildman–Crippen LogP) is 1.96. The number of nitrogens with zero attached hydrogens (tertiary/aromatic N) is 1. The van der Waals surface area contributed by atoms with Gasteiger partial charge in [0.25, 0.3) is 0 Å². The number of hydrogen-bond acceptors (Lipinski definition) is 5. The minimum Gasteiger partial charge on any atom is -0.507 e. The molecule has 0 aliphatic carbocycles. The highest BCUT2D eigenvalue weighted by Crippen LogP contribution is 2.27. The summed E-state index contributed by atoms with van der Waals surface area (Å²) in [5.74, 6) is -1.40. The molecule has 0 saturated carbocycles. The minimum atomic E-state index is -1.17. The molecule has 1 unspecified atom stereocenters. The van der Waals surface area contributed by atoms with Crippen LogP contribution in [0.2, 0.25) is 0 Å². The summed E-state index contributed by atoms with van der Waals surface area (Å²) < 4.78 is 5.07. The first-order valence-electron chi connectivity index (χ1n) is 7.94. The van der Waals surface area contributed by atoms with E-state index in [2.05, 4.69) is 4.99 Å². The van der Waals surface area contributed by atoms with Crippen molar-refractivity contribution in [3.8, 4) is 11.5 Å². The maximum absolute atomic E-state index is 11.6. The van der Waals surface area contributed by atoms with Crippen LogP contribution in [0.1, 0.15) is 24.0 Å². The van der Waals surface area contributed by atoms with Crippen molar-refractivity contribution in [2.45, 2.75) is 18.9 Å². The molecule has 0 radical (unpaired) electrons. The molecule has 2 aromatic carbocycles. The van der Waals surface area contributed by atoms with Gasteiger partial charge in [-0.05, 0) is 18.6 Å². The number of carboxylic acids is 1. The van der Waals surface area contributed by atoms with Crippen LogP contribution in [0, 0.1) is 0 Å². The average Bonchev–Trinajstić information content (AvgIpc) is 2.62. The number of aromatic hydroxyl groups is 1. The maximum atomic E-state index is 11.6. The van der Waals surface area contributed by atoms with Crippen molar-refractivity contribution in [2.75, 3.05) is 7.11 Å². The van der Waals surface area contributed by atoms with Gasteiger partial charge < -0.3 is 20.7 Å². The number of rotatable bonds is 8. The van der Waals surface area contributed by atoms with E-state index in [4.69, 9.17) is 10.5 Å². The molecule has 0 saturated heterocycles. The van der Waals surface area contributed by atoms with Gasteiger partial charge in [0.1, 0.15) is 17.5 Å². The van der Waals surface area contributed by atoms with E-state index in [1.54, 1.807) is 36.4 Å². The molecule has 136 valence electrons. The molecule has 0 aliphatic heterocycles. The Hall–Kier alpha value is -3.35. The third kappa shape index (κ3) is 4.83. The Labute approximate surface area is 150 Å². The average molecular weight is 356 g/mol.